The standard InChI is InChI=1S/C27H31N3O6S/c1-17(2)26(30-24(32)12-20-11-19(14-28)9-10-23(20)36-3)27(35)29-21(13-25(33)34)22(31)16-37-15-18-7-5-4-6-8-18/h4-11,17,21,26H,12-13,15-16H2,1-3H3,(H,29,35)(H,30,32)(H,33,34)/t21?,26-/m0/s1. The maximum atomic E-state index is 13.0. The van der Waals surface area contributed by atoms with Crippen molar-refractivity contribution in [3.05, 3.63) is 65.2 Å². The van der Waals surface area contributed by atoms with Crippen LogP contribution >= 0.6 is 11.8 Å². The van der Waals surface area contributed by atoms with E-state index in [1.165, 1.54) is 24.9 Å². The first-order chi connectivity index (χ1) is 17.6. The van der Waals surface area contributed by atoms with Crippen molar-refractivity contribution in [3.63, 3.8) is 0 Å². The van der Waals surface area contributed by atoms with Gasteiger partial charge in [-0.25, -0.2) is 0 Å². The first-order valence-electron chi connectivity index (χ1n) is 11.7. The Hall–Kier alpha value is -3.84. The number of carbonyl (C=O) groups is 4. The molecule has 2 amide bonds. The zero-order valence-corrected chi connectivity index (χ0v) is 21.8. The lowest BCUT2D eigenvalue weighted by atomic mass is 10.0. The summed E-state index contributed by atoms with van der Waals surface area (Å²) in [5.41, 5.74) is 1.87. The summed E-state index contributed by atoms with van der Waals surface area (Å²) in [6.45, 7) is 3.45. The van der Waals surface area contributed by atoms with E-state index in [-0.39, 0.29) is 18.1 Å². The summed E-state index contributed by atoms with van der Waals surface area (Å²) in [5.74, 6) is -2.08. The summed E-state index contributed by atoms with van der Waals surface area (Å²) in [7, 11) is 1.45. The van der Waals surface area contributed by atoms with Gasteiger partial charge in [-0.3, -0.25) is 19.2 Å². The molecular formula is C27H31N3O6S. The zero-order valence-electron chi connectivity index (χ0n) is 21.0. The molecule has 0 aliphatic rings. The second kappa shape index (κ2) is 14.7. The maximum Gasteiger partial charge on any atom is 0.305 e. The number of nitriles is 1. The fraction of sp³-hybridized carbons (Fsp3) is 0.370. The Bertz CT molecular complexity index is 1150. The molecule has 10 heteroatoms. The van der Waals surface area contributed by atoms with Crippen LogP contribution in [0.5, 0.6) is 5.75 Å². The Balaban J connectivity index is 2.05. The average molecular weight is 526 g/mol. The van der Waals surface area contributed by atoms with E-state index < -0.39 is 42.1 Å². The molecule has 0 aliphatic heterocycles. The number of amides is 2. The van der Waals surface area contributed by atoms with Crippen molar-refractivity contribution in [2.75, 3.05) is 12.9 Å². The summed E-state index contributed by atoms with van der Waals surface area (Å²) in [6.07, 6.45) is -0.698. The minimum absolute atomic E-state index is 0.0286. The molecule has 0 aromatic heterocycles. The summed E-state index contributed by atoms with van der Waals surface area (Å²) < 4.78 is 5.26. The van der Waals surface area contributed by atoms with Gasteiger partial charge < -0.3 is 20.5 Å². The fourth-order valence-corrected chi connectivity index (χ4v) is 4.48. The smallest absolute Gasteiger partial charge is 0.305 e. The van der Waals surface area contributed by atoms with Gasteiger partial charge in [-0.05, 0) is 29.7 Å². The van der Waals surface area contributed by atoms with Crippen LogP contribution in [0.2, 0.25) is 0 Å². The molecule has 2 rings (SSSR count). The predicted octanol–water partition coefficient (Wildman–Crippen LogP) is 2.71. The molecule has 2 aromatic rings. The van der Waals surface area contributed by atoms with Crippen LogP contribution in [0, 0.1) is 17.2 Å². The zero-order chi connectivity index (χ0) is 27.4. The number of nitrogens with zero attached hydrogens (tertiary/aromatic N) is 1. The Morgan fingerprint density at radius 3 is 2.38 bits per heavy atom. The molecule has 2 atom stereocenters. The largest absolute Gasteiger partial charge is 0.496 e. The molecule has 196 valence electrons. The first-order valence-corrected chi connectivity index (χ1v) is 12.8. The number of nitrogens with one attached hydrogen (secondary N) is 2. The summed E-state index contributed by atoms with van der Waals surface area (Å²) in [4.78, 5) is 50.0. The monoisotopic (exact) mass is 525 g/mol. The number of aliphatic carboxylic acids is 1. The molecule has 0 fully saturated rings. The van der Waals surface area contributed by atoms with Gasteiger partial charge in [0.25, 0.3) is 0 Å². The predicted molar refractivity (Wildman–Crippen MR) is 140 cm³/mol. The first kappa shape index (κ1) is 29.4. The average Bonchev–Trinajstić information content (AvgIpc) is 2.86. The van der Waals surface area contributed by atoms with E-state index in [1.54, 1.807) is 26.0 Å². The lowest BCUT2D eigenvalue weighted by molar-refractivity contribution is -0.140. The number of carbonyl (C=O) groups excluding carboxylic acids is 3. The number of hydrogen-bond acceptors (Lipinski definition) is 7. The minimum Gasteiger partial charge on any atom is -0.496 e. The lowest BCUT2D eigenvalue weighted by Gasteiger charge is -2.24. The highest BCUT2D eigenvalue weighted by atomic mass is 32.2. The molecule has 0 aliphatic carbocycles. The Kier molecular flexibility index (Phi) is 11.6. The summed E-state index contributed by atoms with van der Waals surface area (Å²) in [5, 5.41) is 23.6. The minimum atomic E-state index is -1.22. The normalized spacial score (nSPS) is 12.2. The number of benzene rings is 2. The maximum absolute atomic E-state index is 13.0. The number of methoxy groups -OCH3 is 1. The van der Waals surface area contributed by atoms with E-state index in [2.05, 4.69) is 10.6 Å². The van der Waals surface area contributed by atoms with Gasteiger partial charge in [-0.15, -0.1) is 11.8 Å². The van der Waals surface area contributed by atoms with Crippen molar-refractivity contribution in [1.82, 2.24) is 10.6 Å². The molecule has 0 heterocycles. The van der Waals surface area contributed by atoms with Crippen LogP contribution < -0.4 is 15.4 Å². The van der Waals surface area contributed by atoms with Gasteiger partial charge in [-0.2, -0.15) is 5.26 Å². The number of carboxylic acids is 1. The third-order valence-corrected chi connectivity index (χ3v) is 6.49. The molecular weight excluding hydrogens is 494 g/mol. The van der Waals surface area contributed by atoms with Gasteiger partial charge in [0.1, 0.15) is 11.8 Å². The summed E-state index contributed by atoms with van der Waals surface area (Å²) in [6, 6.07) is 14.0. The molecule has 0 saturated heterocycles. The SMILES string of the molecule is COc1ccc(C#N)cc1CC(=O)N[C@H](C(=O)NC(CC(=O)O)C(=O)CSCc1ccccc1)C(C)C. The van der Waals surface area contributed by atoms with Gasteiger partial charge >= 0.3 is 5.97 Å². The Morgan fingerprint density at radius 1 is 1.08 bits per heavy atom. The fourth-order valence-electron chi connectivity index (χ4n) is 3.54. The van der Waals surface area contributed by atoms with Crippen LogP contribution in [0.15, 0.2) is 48.5 Å². The molecule has 3 N–H and O–H groups in total. The van der Waals surface area contributed by atoms with Crippen LogP contribution in [0.4, 0.5) is 0 Å². The third-order valence-electron chi connectivity index (χ3n) is 5.47. The summed E-state index contributed by atoms with van der Waals surface area (Å²) >= 11 is 1.33. The second-order valence-corrected chi connectivity index (χ2v) is 9.69. The number of thioether (sulfide) groups is 1. The third kappa shape index (κ3) is 9.61. The highest BCUT2D eigenvalue weighted by molar-refractivity contribution is 7.99. The molecule has 0 radical (unpaired) electrons. The molecule has 0 bridgehead atoms. The molecule has 37 heavy (non-hydrogen) atoms. The van der Waals surface area contributed by atoms with Crippen molar-refractivity contribution in [2.45, 2.75) is 44.5 Å². The van der Waals surface area contributed by atoms with Crippen molar-refractivity contribution in [3.8, 4) is 11.8 Å². The van der Waals surface area contributed by atoms with Crippen molar-refractivity contribution in [2.24, 2.45) is 5.92 Å². The van der Waals surface area contributed by atoms with Crippen LogP contribution in [0.25, 0.3) is 0 Å². The van der Waals surface area contributed by atoms with Crippen molar-refractivity contribution >= 4 is 35.3 Å². The molecule has 1 unspecified atom stereocenters. The highest BCUT2D eigenvalue weighted by Crippen LogP contribution is 2.20. The number of ether oxygens (including phenoxy) is 1. The molecule has 0 spiro atoms. The van der Waals surface area contributed by atoms with E-state index in [0.29, 0.717) is 22.6 Å². The number of hydrogen-bond donors (Lipinski definition) is 3. The van der Waals surface area contributed by atoms with Gasteiger partial charge in [0.2, 0.25) is 11.8 Å². The van der Waals surface area contributed by atoms with Gasteiger partial charge in [0.05, 0.1) is 43.4 Å². The van der Waals surface area contributed by atoms with Crippen molar-refractivity contribution < 1.29 is 29.0 Å². The van der Waals surface area contributed by atoms with Crippen molar-refractivity contribution in [1.29, 1.82) is 5.26 Å². The van der Waals surface area contributed by atoms with Crippen LogP contribution in [-0.4, -0.2) is 53.6 Å². The van der Waals surface area contributed by atoms with Crippen LogP contribution in [0.3, 0.4) is 0 Å². The van der Waals surface area contributed by atoms with Crippen LogP contribution in [-0.2, 0) is 31.4 Å². The Morgan fingerprint density at radius 2 is 1.78 bits per heavy atom. The number of Topliss-reactive ketones (excluding diaryl/α,β-unsaturated/α-hetero) is 1. The topological polar surface area (TPSA) is 146 Å². The van der Waals surface area contributed by atoms with Gasteiger partial charge in [0.15, 0.2) is 5.78 Å². The second-order valence-electron chi connectivity index (χ2n) is 8.71. The molecule has 0 saturated carbocycles. The van der Waals surface area contributed by atoms with E-state index in [4.69, 9.17) is 10.00 Å². The van der Waals surface area contributed by atoms with E-state index >= 15 is 0 Å². The van der Waals surface area contributed by atoms with E-state index in [9.17, 15) is 24.3 Å². The quantitative estimate of drug-likeness (QED) is 0.341. The highest BCUT2D eigenvalue weighted by Gasteiger charge is 2.30. The molecule has 9 nitrogen and oxygen atoms in total. The number of ketones is 1. The van der Waals surface area contributed by atoms with Gasteiger partial charge in [0, 0.05) is 11.3 Å². The number of rotatable bonds is 14. The van der Waals surface area contributed by atoms with E-state index in [1.807, 2.05) is 36.4 Å². The van der Waals surface area contributed by atoms with Gasteiger partial charge in [-0.1, -0.05) is 44.2 Å². The lowest BCUT2D eigenvalue weighted by Crippen LogP contribution is -2.54. The molecule has 2 aromatic carbocycles. The van der Waals surface area contributed by atoms with Crippen LogP contribution in [0.1, 0.15) is 37.0 Å². The Labute approximate surface area is 220 Å². The number of carboxylic acid groups (broad SMARTS) is 1. The van der Waals surface area contributed by atoms with E-state index in [0.717, 1.165) is 5.56 Å².